The Morgan fingerprint density at radius 3 is 1.61 bits per heavy atom. The fourth-order valence-electron chi connectivity index (χ4n) is 8.66. The molecule has 290 valence electrons. The smallest absolute Gasteiger partial charge is 0.164 e. The van der Waals surface area contributed by atoms with E-state index in [1.165, 1.54) is 0 Å². The third-order valence-electron chi connectivity index (χ3n) is 11.7. The third-order valence-corrected chi connectivity index (χ3v) is 11.7. The Bertz CT molecular complexity index is 3610. The van der Waals surface area contributed by atoms with Crippen molar-refractivity contribution < 1.29 is 4.42 Å². The van der Waals surface area contributed by atoms with Crippen molar-refractivity contribution >= 4 is 38.2 Å². The van der Waals surface area contributed by atoms with E-state index in [4.69, 9.17) is 24.5 Å². The van der Waals surface area contributed by atoms with Crippen LogP contribution in [0.25, 0.3) is 117 Å². The lowest BCUT2D eigenvalue weighted by Gasteiger charge is -2.12. The van der Waals surface area contributed by atoms with E-state index >= 15 is 0 Å². The molecule has 0 amide bonds. The number of pyridine rings is 1. The number of hydrogen-bond donors (Lipinski definition) is 0. The normalized spacial score (nSPS) is 11.5. The lowest BCUT2D eigenvalue weighted by Crippen LogP contribution is -2.01. The second-order valence-electron chi connectivity index (χ2n) is 15.5. The Balaban J connectivity index is 0.990. The highest BCUT2D eigenvalue weighted by Gasteiger charge is 2.22. The number of rotatable bonds is 7. The molecule has 8 aromatic carbocycles. The average Bonchev–Trinajstić information content (AvgIpc) is 3.94. The van der Waals surface area contributed by atoms with Crippen molar-refractivity contribution in [3.05, 3.63) is 212 Å². The molecule has 6 nitrogen and oxygen atoms in total. The van der Waals surface area contributed by atoms with Crippen molar-refractivity contribution in [3.8, 4) is 78.9 Å². The number of fused-ring (bicyclic) bond motifs is 6. The molecule has 0 radical (unpaired) electrons. The molecule has 0 bridgehead atoms. The molecule has 0 N–H and O–H groups in total. The maximum atomic E-state index is 6.21. The van der Waals surface area contributed by atoms with E-state index < -0.39 is 0 Å². The van der Waals surface area contributed by atoms with Gasteiger partial charge in [-0.25, -0.2) is 19.5 Å². The molecule has 62 heavy (non-hydrogen) atoms. The highest BCUT2D eigenvalue weighted by Crippen LogP contribution is 2.41. The monoisotopic (exact) mass is 793 g/mol. The molecule has 0 aliphatic carbocycles. The minimum atomic E-state index is 0.586. The molecule has 0 atom stereocenters. The lowest BCUT2D eigenvalue weighted by atomic mass is 9.97. The number of furan rings is 1. The first kappa shape index (κ1) is 35.5. The number of hydrogen-bond acceptors (Lipinski definition) is 5. The zero-order chi connectivity index (χ0) is 41.0. The Morgan fingerprint density at radius 2 is 0.871 bits per heavy atom. The van der Waals surface area contributed by atoms with Crippen LogP contribution >= 0.6 is 0 Å². The third kappa shape index (κ3) is 6.13. The first-order valence-corrected chi connectivity index (χ1v) is 20.7. The zero-order valence-electron chi connectivity index (χ0n) is 33.4. The Morgan fingerprint density at radius 1 is 0.339 bits per heavy atom. The molecule has 0 aliphatic heterocycles. The van der Waals surface area contributed by atoms with Crippen molar-refractivity contribution in [3.63, 3.8) is 0 Å². The van der Waals surface area contributed by atoms with Gasteiger partial charge in [0.05, 0.1) is 11.2 Å². The van der Waals surface area contributed by atoms with Gasteiger partial charge in [-0.15, -0.1) is 0 Å². The van der Waals surface area contributed by atoms with Crippen molar-refractivity contribution in [1.82, 2.24) is 24.6 Å². The topological polar surface area (TPSA) is 69.1 Å². The Kier molecular flexibility index (Phi) is 8.38. The summed E-state index contributed by atoms with van der Waals surface area (Å²) >= 11 is 0. The Labute approximate surface area is 357 Å². The molecule has 0 unspecified atom stereocenters. The highest BCUT2D eigenvalue weighted by molar-refractivity contribution is 6.09. The van der Waals surface area contributed by atoms with Gasteiger partial charge in [0, 0.05) is 49.5 Å². The molecule has 12 aromatic rings. The van der Waals surface area contributed by atoms with Crippen LogP contribution in [0.3, 0.4) is 0 Å². The van der Waals surface area contributed by atoms with Crippen LogP contribution in [0.4, 0.5) is 0 Å². The molecule has 0 spiro atoms. The van der Waals surface area contributed by atoms with Gasteiger partial charge < -0.3 is 4.42 Å². The molecular formula is C56H35N5O. The van der Waals surface area contributed by atoms with Crippen molar-refractivity contribution in [2.45, 2.75) is 0 Å². The summed E-state index contributed by atoms with van der Waals surface area (Å²) in [5.41, 5.74) is 13.8. The first-order chi connectivity index (χ1) is 30.7. The summed E-state index contributed by atoms with van der Waals surface area (Å²) in [6.07, 6.45) is 0. The van der Waals surface area contributed by atoms with Crippen molar-refractivity contribution in [1.29, 1.82) is 0 Å². The van der Waals surface area contributed by atoms with Crippen molar-refractivity contribution in [2.75, 3.05) is 0 Å². The van der Waals surface area contributed by atoms with Gasteiger partial charge in [-0.1, -0.05) is 182 Å². The molecular weight excluding hydrogens is 759 g/mol. The molecule has 0 aliphatic rings. The predicted octanol–water partition coefficient (Wildman–Crippen LogP) is 14.2. The van der Waals surface area contributed by atoms with E-state index in [1.807, 2.05) is 54.6 Å². The summed E-state index contributed by atoms with van der Waals surface area (Å²) in [6, 6.07) is 73.4. The van der Waals surface area contributed by atoms with Crippen LogP contribution in [0, 0.1) is 0 Å². The maximum Gasteiger partial charge on any atom is 0.164 e. The van der Waals surface area contributed by atoms with Gasteiger partial charge >= 0.3 is 0 Å². The molecule has 6 heteroatoms. The molecule has 0 saturated carbocycles. The fourth-order valence-corrected chi connectivity index (χ4v) is 8.66. The minimum absolute atomic E-state index is 0.586. The summed E-state index contributed by atoms with van der Waals surface area (Å²) in [6.45, 7) is 0. The first-order valence-electron chi connectivity index (χ1n) is 20.7. The zero-order valence-corrected chi connectivity index (χ0v) is 33.4. The quantitative estimate of drug-likeness (QED) is 0.161. The predicted molar refractivity (Wildman–Crippen MR) is 251 cm³/mol. The van der Waals surface area contributed by atoms with Gasteiger partial charge in [-0.2, -0.15) is 5.10 Å². The second kappa shape index (κ2) is 14.7. The van der Waals surface area contributed by atoms with E-state index in [9.17, 15) is 0 Å². The summed E-state index contributed by atoms with van der Waals surface area (Å²) in [4.78, 5) is 15.3. The number of aromatic nitrogens is 5. The van der Waals surface area contributed by atoms with Gasteiger partial charge in [-0.3, -0.25) is 0 Å². The Hall–Kier alpha value is -8.48. The standard InChI is InChI=1S/C56H35N5O/c1-4-15-37(16-5-1)51-52(38-17-6-2-7-18-38)60-61-48(34-42-21-10-11-24-45(42)53(51)61)43-22-14-23-44(33-43)56-58-54(39-19-8-3-9-20-39)57-55(59-56)40-29-27-36(28-30-40)41-31-32-47-46-25-12-13-26-49(46)62-50(47)35-41/h1-35H. The molecule has 4 heterocycles. The second-order valence-corrected chi connectivity index (χ2v) is 15.5. The van der Waals surface area contributed by atoms with Gasteiger partial charge in [0.15, 0.2) is 17.5 Å². The van der Waals surface area contributed by atoms with E-state index in [0.717, 1.165) is 99.7 Å². The largest absolute Gasteiger partial charge is 0.456 e. The van der Waals surface area contributed by atoms with Crippen LogP contribution in [0.15, 0.2) is 217 Å². The van der Waals surface area contributed by atoms with Gasteiger partial charge in [0.1, 0.15) is 16.9 Å². The molecule has 0 fully saturated rings. The summed E-state index contributed by atoms with van der Waals surface area (Å²) in [5.74, 6) is 1.79. The molecule has 12 rings (SSSR count). The summed E-state index contributed by atoms with van der Waals surface area (Å²) in [7, 11) is 0. The van der Waals surface area contributed by atoms with Crippen LogP contribution in [-0.2, 0) is 0 Å². The highest BCUT2D eigenvalue weighted by atomic mass is 16.3. The SMILES string of the molecule is c1ccc(-c2nc(-c3ccc(-c4ccc5c(c4)oc4ccccc45)cc3)nc(-c3cccc(-c4cc5ccccc5c5c(-c6ccccc6)c(-c6ccccc6)nn45)c3)n2)cc1. The summed E-state index contributed by atoms with van der Waals surface area (Å²) in [5, 5.41) is 9.92. The van der Waals surface area contributed by atoms with Gasteiger partial charge in [-0.05, 0) is 52.4 Å². The van der Waals surface area contributed by atoms with Crippen LogP contribution in [-0.4, -0.2) is 24.6 Å². The fraction of sp³-hybridized carbons (Fsp3) is 0. The minimum Gasteiger partial charge on any atom is -0.456 e. The van der Waals surface area contributed by atoms with Crippen LogP contribution in [0.5, 0.6) is 0 Å². The van der Waals surface area contributed by atoms with Gasteiger partial charge in [0.25, 0.3) is 0 Å². The summed E-state index contributed by atoms with van der Waals surface area (Å²) < 4.78 is 8.32. The maximum absolute atomic E-state index is 6.21. The molecule has 0 saturated heterocycles. The van der Waals surface area contributed by atoms with E-state index in [-0.39, 0.29) is 0 Å². The van der Waals surface area contributed by atoms with E-state index in [1.54, 1.807) is 0 Å². The van der Waals surface area contributed by atoms with E-state index in [0.29, 0.717) is 17.5 Å². The molecule has 4 aromatic heterocycles. The number of para-hydroxylation sites is 1. The van der Waals surface area contributed by atoms with Crippen LogP contribution < -0.4 is 0 Å². The average molecular weight is 794 g/mol. The number of benzene rings is 8. The van der Waals surface area contributed by atoms with Crippen LogP contribution in [0.2, 0.25) is 0 Å². The lowest BCUT2D eigenvalue weighted by molar-refractivity contribution is 0.669. The van der Waals surface area contributed by atoms with Crippen molar-refractivity contribution in [2.24, 2.45) is 0 Å². The van der Waals surface area contributed by atoms with Crippen LogP contribution in [0.1, 0.15) is 0 Å². The van der Waals surface area contributed by atoms with Gasteiger partial charge in [0.2, 0.25) is 0 Å². The van der Waals surface area contributed by atoms with E-state index in [2.05, 4.69) is 162 Å². The number of nitrogens with zero attached hydrogens (tertiary/aromatic N) is 5.